The van der Waals surface area contributed by atoms with Crippen LogP contribution >= 0.6 is 35.4 Å². The highest BCUT2D eigenvalue weighted by Gasteiger charge is 2.02. The maximum Gasteiger partial charge on any atom is 0.175 e. The maximum absolute atomic E-state index is 5.94. The van der Waals surface area contributed by atoms with Gasteiger partial charge in [0.05, 0.1) is 6.61 Å². The molecule has 0 radical (unpaired) electrons. The molecule has 0 aromatic heterocycles. The predicted octanol–water partition coefficient (Wildman–Crippen LogP) is 5.20. The number of ether oxygens (including phenoxy) is 1. The van der Waals surface area contributed by atoms with Crippen LogP contribution in [0.3, 0.4) is 0 Å². The summed E-state index contributed by atoms with van der Waals surface area (Å²) in [6.07, 6.45) is 0. The van der Waals surface area contributed by atoms with Crippen molar-refractivity contribution in [2.24, 2.45) is 0 Å². The summed E-state index contributed by atoms with van der Waals surface area (Å²) < 4.78 is 5.38. The average molecular weight is 341 g/mol. The zero-order chi connectivity index (χ0) is 15.2. The van der Waals surface area contributed by atoms with E-state index in [1.165, 1.54) is 0 Å². The summed E-state index contributed by atoms with van der Waals surface area (Å²) >= 11 is 17.1. The van der Waals surface area contributed by atoms with E-state index < -0.39 is 0 Å². The third-order valence-corrected chi connectivity index (χ3v) is 3.18. The molecule has 0 bridgehead atoms. The van der Waals surface area contributed by atoms with E-state index in [4.69, 9.17) is 40.2 Å². The van der Waals surface area contributed by atoms with Gasteiger partial charge in [-0.15, -0.1) is 0 Å². The van der Waals surface area contributed by atoms with E-state index in [0.29, 0.717) is 21.8 Å². The highest BCUT2D eigenvalue weighted by Crippen LogP contribution is 2.23. The molecule has 2 N–H and O–H groups in total. The second-order valence-corrected chi connectivity index (χ2v) is 5.48. The minimum Gasteiger partial charge on any atom is -0.494 e. The van der Waals surface area contributed by atoms with Crippen LogP contribution in [0.2, 0.25) is 10.0 Å². The molecule has 2 aromatic carbocycles. The van der Waals surface area contributed by atoms with Gasteiger partial charge in [-0.25, -0.2) is 0 Å². The summed E-state index contributed by atoms with van der Waals surface area (Å²) in [5, 5.41) is 7.67. The minimum absolute atomic E-state index is 0.456. The van der Waals surface area contributed by atoms with Crippen LogP contribution in [-0.2, 0) is 0 Å². The lowest BCUT2D eigenvalue weighted by molar-refractivity contribution is 0.340. The van der Waals surface area contributed by atoms with Crippen LogP contribution in [0, 0.1) is 0 Å². The average Bonchev–Trinajstić information content (AvgIpc) is 2.40. The molecule has 0 heterocycles. The molecule has 0 fully saturated rings. The molecule has 0 aliphatic carbocycles. The van der Waals surface area contributed by atoms with Gasteiger partial charge in [0, 0.05) is 21.4 Å². The van der Waals surface area contributed by atoms with Gasteiger partial charge in [0.25, 0.3) is 0 Å². The van der Waals surface area contributed by atoms with Crippen molar-refractivity contribution in [1.29, 1.82) is 0 Å². The Morgan fingerprint density at radius 2 is 1.57 bits per heavy atom. The fraction of sp³-hybridized carbons (Fsp3) is 0.133. The molecule has 0 saturated carbocycles. The van der Waals surface area contributed by atoms with Gasteiger partial charge in [0.15, 0.2) is 5.11 Å². The first kappa shape index (κ1) is 15.9. The van der Waals surface area contributed by atoms with E-state index in [-0.39, 0.29) is 0 Å². The number of hydrogen-bond donors (Lipinski definition) is 2. The second-order valence-electron chi connectivity index (χ2n) is 4.19. The van der Waals surface area contributed by atoms with Gasteiger partial charge >= 0.3 is 0 Å². The predicted molar refractivity (Wildman–Crippen MR) is 93.9 cm³/mol. The van der Waals surface area contributed by atoms with Crippen LogP contribution in [0.4, 0.5) is 11.4 Å². The largest absolute Gasteiger partial charge is 0.494 e. The number of thiocarbonyl (C=S) groups is 1. The van der Waals surface area contributed by atoms with Crippen LogP contribution in [0.5, 0.6) is 5.75 Å². The van der Waals surface area contributed by atoms with Gasteiger partial charge in [0.1, 0.15) is 5.75 Å². The van der Waals surface area contributed by atoms with Crippen molar-refractivity contribution in [2.45, 2.75) is 6.92 Å². The number of hydrogen-bond acceptors (Lipinski definition) is 2. The quantitative estimate of drug-likeness (QED) is 0.749. The van der Waals surface area contributed by atoms with Crippen LogP contribution in [0.1, 0.15) is 6.92 Å². The summed E-state index contributed by atoms with van der Waals surface area (Å²) in [6, 6.07) is 12.7. The standard InChI is InChI=1S/C15H14Cl2N2OS/c1-2-20-14-5-3-12(4-6-14)18-15(21)19-13-8-10(16)7-11(17)9-13/h3-9H,2H2,1H3,(H2,18,19,21). The first-order valence-electron chi connectivity index (χ1n) is 6.34. The molecule has 0 unspecified atom stereocenters. The van der Waals surface area contributed by atoms with Crippen molar-refractivity contribution >= 4 is 51.9 Å². The molecule has 2 rings (SSSR count). The summed E-state index contributed by atoms with van der Waals surface area (Å²) in [7, 11) is 0. The van der Waals surface area contributed by atoms with Crippen LogP contribution in [0.15, 0.2) is 42.5 Å². The molecule has 0 spiro atoms. The summed E-state index contributed by atoms with van der Waals surface area (Å²) in [4.78, 5) is 0. The molecule has 110 valence electrons. The van der Waals surface area contributed by atoms with Crippen molar-refractivity contribution in [2.75, 3.05) is 17.2 Å². The van der Waals surface area contributed by atoms with E-state index >= 15 is 0 Å². The van der Waals surface area contributed by atoms with Crippen molar-refractivity contribution in [3.8, 4) is 5.75 Å². The Hall–Kier alpha value is -1.49. The first-order valence-corrected chi connectivity index (χ1v) is 7.50. The molecule has 0 atom stereocenters. The van der Waals surface area contributed by atoms with Gasteiger partial charge in [-0.05, 0) is 61.6 Å². The summed E-state index contributed by atoms with van der Waals surface area (Å²) in [6.45, 7) is 2.59. The summed E-state index contributed by atoms with van der Waals surface area (Å²) in [5.74, 6) is 0.823. The molecule has 0 aliphatic rings. The molecule has 3 nitrogen and oxygen atoms in total. The third kappa shape index (κ3) is 5.08. The van der Waals surface area contributed by atoms with Crippen LogP contribution < -0.4 is 15.4 Å². The van der Waals surface area contributed by atoms with Gasteiger partial charge < -0.3 is 15.4 Å². The number of nitrogens with one attached hydrogen (secondary N) is 2. The Morgan fingerprint density at radius 3 is 2.14 bits per heavy atom. The van der Waals surface area contributed by atoms with E-state index in [9.17, 15) is 0 Å². The van der Waals surface area contributed by atoms with Crippen LogP contribution in [-0.4, -0.2) is 11.7 Å². The van der Waals surface area contributed by atoms with Gasteiger partial charge in [-0.1, -0.05) is 23.2 Å². The topological polar surface area (TPSA) is 33.3 Å². The van der Waals surface area contributed by atoms with E-state index in [0.717, 1.165) is 17.1 Å². The molecule has 21 heavy (non-hydrogen) atoms. The highest BCUT2D eigenvalue weighted by molar-refractivity contribution is 7.80. The van der Waals surface area contributed by atoms with E-state index in [2.05, 4.69) is 10.6 Å². The fourth-order valence-corrected chi connectivity index (χ4v) is 2.48. The lowest BCUT2D eigenvalue weighted by Crippen LogP contribution is -2.18. The Bertz CT molecular complexity index is 612. The zero-order valence-electron chi connectivity index (χ0n) is 11.3. The number of rotatable bonds is 4. The zero-order valence-corrected chi connectivity index (χ0v) is 13.6. The first-order chi connectivity index (χ1) is 10.1. The Balaban J connectivity index is 1.97. The normalized spacial score (nSPS) is 10.0. The molecule has 0 aliphatic heterocycles. The minimum atomic E-state index is 0.456. The van der Waals surface area contributed by atoms with E-state index in [1.807, 2.05) is 31.2 Å². The molecule has 0 amide bonds. The fourth-order valence-electron chi connectivity index (χ4n) is 1.72. The molecular formula is C15H14Cl2N2OS. The number of anilines is 2. The molecular weight excluding hydrogens is 327 g/mol. The number of halogens is 2. The lowest BCUT2D eigenvalue weighted by Gasteiger charge is -2.11. The second kappa shape index (κ2) is 7.50. The summed E-state index contributed by atoms with van der Waals surface area (Å²) in [5.41, 5.74) is 1.60. The van der Waals surface area contributed by atoms with Crippen molar-refractivity contribution in [3.63, 3.8) is 0 Å². The smallest absolute Gasteiger partial charge is 0.175 e. The van der Waals surface area contributed by atoms with Crippen molar-refractivity contribution in [1.82, 2.24) is 0 Å². The highest BCUT2D eigenvalue weighted by atomic mass is 35.5. The van der Waals surface area contributed by atoms with Crippen molar-refractivity contribution in [3.05, 3.63) is 52.5 Å². The SMILES string of the molecule is CCOc1ccc(NC(=S)Nc2cc(Cl)cc(Cl)c2)cc1. The van der Waals surface area contributed by atoms with E-state index in [1.54, 1.807) is 18.2 Å². The van der Waals surface area contributed by atoms with Crippen LogP contribution in [0.25, 0.3) is 0 Å². The Labute approximate surface area is 139 Å². The van der Waals surface area contributed by atoms with Crippen molar-refractivity contribution < 1.29 is 4.74 Å². The molecule has 0 saturated heterocycles. The Morgan fingerprint density at radius 1 is 1.00 bits per heavy atom. The molecule has 2 aromatic rings. The third-order valence-electron chi connectivity index (χ3n) is 2.54. The van der Waals surface area contributed by atoms with Gasteiger partial charge in [0.2, 0.25) is 0 Å². The van der Waals surface area contributed by atoms with Gasteiger partial charge in [-0.3, -0.25) is 0 Å². The monoisotopic (exact) mass is 340 g/mol. The maximum atomic E-state index is 5.94. The molecule has 6 heteroatoms. The van der Waals surface area contributed by atoms with Gasteiger partial charge in [-0.2, -0.15) is 0 Å². The number of benzene rings is 2. The lowest BCUT2D eigenvalue weighted by atomic mass is 10.3. The Kier molecular flexibility index (Phi) is 5.67.